The van der Waals surface area contributed by atoms with Gasteiger partial charge in [0.2, 0.25) is 4.77 Å². The molecule has 31 heavy (non-hydrogen) atoms. The molecule has 2 N–H and O–H groups in total. The van der Waals surface area contributed by atoms with E-state index < -0.39 is 0 Å². The number of aromatic amines is 1. The van der Waals surface area contributed by atoms with Gasteiger partial charge in [0, 0.05) is 10.0 Å². The van der Waals surface area contributed by atoms with Gasteiger partial charge in [-0.25, -0.2) is 9.77 Å². The maximum absolute atomic E-state index is 6.09. The normalized spacial score (nSPS) is 10.6. The van der Waals surface area contributed by atoms with Crippen molar-refractivity contribution in [3.05, 3.63) is 93.2 Å². The summed E-state index contributed by atoms with van der Waals surface area (Å²) in [4.78, 5) is 0. The molecule has 1 aromatic heterocycles. The van der Waals surface area contributed by atoms with Gasteiger partial charge >= 0.3 is 0 Å². The fraction of sp³-hybridized carbons (Fsp3) is 0.130. The van der Waals surface area contributed by atoms with Crippen molar-refractivity contribution >= 4 is 28.1 Å². The molecule has 0 aliphatic rings. The van der Waals surface area contributed by atoms with Gasteiger partial charge in [-0.15, -0.1) is 0 Å². The van der Waals surface area contributed by atoms with Crippen LogP contribution in [0.5, 0.6) is 11.5 Å². The van der Waals surface area contributed by atoms with Gasteiger partial charge in [0.1, 0.15) is 18.1 Å². The van der Waals surface area contributed by atoms with E-state index in [1.165, 1.54) is 0 Å². The Kier molecular flexibility index (Phi) is 6.69. The van der Waals surface area contributed by atoms with Gasteiger partial charge in [0.25, 0.3) is 0 Å². The van der Waals surface area contributed by atoms with Crippen molar-refractivity contribution in [2.24, 2.45) is 0 Å². The Morgan fingerprint density at radius 2 is 1.81 bits per heavy atom. The first-order valence-electron chi connectivity index (χ1n) is 9.65. The lowest BCUT2D eigenvalue weighted by molar-refractivity contribution is 0.303. The number of nitrogens with one attached hydrogen (secondary N) is 2. The number of methoxy groups -OCH3 is 1. The highest BCUT2D eigenvalue weighted by Crippen LogP contribution is 2.28. The predicted molar refractivity (Wildman–Crippen MR) is 127 cm³/mol. The number of H-pyrrole nitrogens is 1. The zero-order chi connectivity index (χ0) is 21.6. The number of aromatic nitrogens is 3. The van der Waals surface area contributed by atoms with Crippen LogP contribution in [-0.2, 0) is 13.2 Å². The highest BCUT2D eigenvalue weighted by Gasteiger charge is 2.14. The fourth-order valence-corrected chi connectivity index (χ4v) is 3.79. The molecule has 4 rings (SSSR count). The maximum Gasteiger partial charge on any atom is 0.214 e. The van der Waals surface area contributed by atoms with Gasteiger partial charge in [-0.05, 0) is 48.1 Å². The first kappa shape index (κ1) is 21.1. The molecule has 0 aliphatic carbocycles. The van der Waals surface area contributed by atoms with Crippen molar-refractivity contribution in [3.63, 3.8) is 0 Å². The zero-order valence-corrected chi connectivity index (χ0v) is 19.2. The third-order valence-corrected chi connectivity index (χ3v) is 5.47. The topological polar surface area (TPSA) is 64.1 Å². The summed E-state index contributed by atoms with van der Waals surface area (Å²) in [6, 6.07) is 23.7. The van der Waals surface area contributed by atoms with Crippen molar-refractivity contribution in [1.29, 1.82) is 0 Å². The Balaban J connectivity index is 1.57. The van der Waals surface area contributed by atoms with Crippen LogP contribution in [0.1, 0.15) is 11.1 Å². The van der Waals surface area contributed by atoms with Crippen molar-refractivity contribution in [2.75, 3.05) is 12.5 Å². The summed E-state index contributed by atoms with van der Waals surface area (Å²) < 4.78 is 14.7. The van der Waals surface area contributed by atoms with E-state index >= 15 is 0 Å². The summed E-state index contributed by atoms with van der Waals surface area (Å²) in [7, 11) is 1.63. The summed E-state index contributed by atoms with van der Waals surface area (Å²) in [6.07, 6.45) is 0. The van der Waals surface area contributed by atoms with Gasteiger partial charge in [0.05, 0.1) is 19.2 Å². The van der Waals surface area contributed by atoms with Crippen molar-refractivity contribution < 1.29 is 9.47 Å². The molecule has 4 aromatic rings. The molecule has 0 amide bonds. The van der Waals surface area contributed by atoms with Crippen LogP contribution in [0.25, 0.3) is 11.4 Å². The van der Waals surface area contributed by atoms with E-state index in [0.717, 1.165) is 26.9 Å². The molecule has 158 valence electrons. The summed E-state index contributed by atoms with van der Waals surface area (Å²) in [5.41, 5.74) is 6.29. The van der Waals surface area contributed by atoms with Crippen molar-refractivity contribution in [1.82, 2.24) is 14.9 Å². The second kappa shape index (κ2) is 9.80. The van der Waals surface area contributed by atoms with Crippen LogP contribution in [0.3, 0.4) is 0 Å². The minimum Gasteiger partial charge on any atom is -0.496 e. The number of hydrogen-bond acceptors (Lipinski definition) is 5. The lowest BCUT2D eigenvalue weighted by atomic mass is 10.2. The zero-order valence-electron chi connectivity index (χ0n) is 16.8. The standard InChI is InChI=1S/C23H21BrN4O2S/c1-29-21-10-6-5-9-19(21)22-26-27-23(31)28(22)25-14-17-13-18(24)11-12-20(17)30-15-16-7-3-2-4-8-16/h2-13,25H,14-15H2,1H3,(H,27,31). The van der Waals surface area contributed by atoms with Gasteiger partial charge < -0.3 is 14.9 Å². The number of halogens is 1. The molecule has 1 heterocycles. The Morgan fingerprint density at radius 3 is 2.61 bits per heavy atom. The van der Waals surface area contributed by atoms with Crippen LogP contribution in [0.2, 0.25) is 0 Å². The largest absolute Gasteiger partial charge is 0.496 e. The Morgan fingerprint density at radius 1 is 1.03 bits per heavy atom. The third-order valence-electron chi connectivity index (χ3n) is 4.71. The minimum atomic E-state index is 0.461. The predicted octanol–water partition coefficient (Wildman–Crippen LogP) is 5.70. The molecule has 3 aromatic carbocycles. The van der Waals surface area contributed by atoms with Gasteiger partial charge in [-0.1, -0.05) is 58.4 Å². The van der Waals surface area contributed by atoms with E-state index in [-0.39, 0.29) is 0 Å². The molecule has 0 unspecified atom stereocenters. The van der Waals surface area contributed by atoms with E-state index in [1.54, 1.807) is 11.8 Å². The van der Waals surface area contributed by atoms with E-state index in [0.29, 0.717) is 29.5 Å². The van der Waals surface area contributed by atoms with Crippen LogP contribution in [0, 0.1) is 4.77 Å². The van der Waals surface area contributed by atoms with Gasteiger partial charge in [-0.2, -0.15) is 5.10 Å². The summed E-state index contributed by atoms with van der Waals surface area (Å²) in [6.45, 7) is 0.979. The second-order valence-electron chi connectivity index (χ2n) is 6.75. The van der Waals surface area contributed by atoms with Gasteiger partial charge in [0.15, 0.2) is 5.82 Å². The first-order valence-corrected chi connectivity index (χ1v) is 10.9. The third kappa shape index (κ3) is 4.98. The second-order valence-corrected chi connectivity index (χ2v) is 8.05. The first-order chi connectivity index (χ1) is 15.2. The smallest absolute Gasteiger partial charge is 0.214 e. The van der Waals surface area contributed by atoms with E-state index in [9.17, 15) is 0 Å². The molecule has 0 radical (unpaired) electrons. The molecule has 0 aliphatic heterocycles. The monoisotopic (exact) mass is 496 g/mol. The molecule has 0 atom stereocenters. The van der Waals surface area contributed by atoms with Crippen molar-refractivity contribution in [3.8, 4) is 22.9 Å². The molecule has 0 saturated carbocycles. The molecule has 6 nitrogen and oxygen atoms in total. The Hall–Kier alpha value is -3.10. The highest BCUT2D eigenvalue weighted by molar-refractivity contribution is 9.10. The number of ether oxygens (including phenoxy) is 2. The number of para-hydroxylation sites is 1. The maximum atomic E-state index is 6.09. The van der Waals surface area contributed by atoms with Crippen molar-refractivity contribution in [2.45, 2.75) is 13.2 Å². The summed E-state index contributed by atoms with van der Waals surface area (Å²) >= 11 is 8.99. The average Bonchev–Trinajstić information content (AvgIpc) is 3.17. The highest BCUT2D eigenvalue weighted by atomic mass is 79.9. The molecule has 0 spiro atoms. The average molecular weight is 497 g/mol. The molecule has 0 saturated heterocycles. The van der Waals surface area contributed by atoms with Gasteiger partial charge in [-0.3, -0.25) is 0 Å². The van der Waals surface area contributed by atoms with E-state index in [2.05, 4.69) is 31.6 Å². The lowest BCUT2D eigenvalue weighted by Gasteiger charge is -2.15. The number of nitrogens with zero attached hydrogens (tertiary/aromatic N) is 2. The molecular formula is C23H21BrN4O2S. The molecule has 0 bridgehead atoms. The number of rotatable bonds is 8. The molecule has 0 fully saturated rings. The molecular weight excluding hydrogens is 476 g/mol. The minimum absolute atomic E-state index is 0.461. The van der Waals surface area contributed by atoms with Crippen LogP contribution in [0.4, 0.5) is 0 Å². The lowest BCUT2D eigenvalue weighted by Crippen LogP contribution is -2.16. The summed E-state index contributed by atoms with van der Waals surface area (Å²) in [5.74, 6) is 2.16. The van der Waals surface area contributed by atoms with E-state index in [1.807, 2.05) is 72.8 Å². The van der Waals surface area contributed by atoms with Crippen LogP contribution < -0.4 is 14.9 Å². The Bertz CT molecular complexity index is 1220. The SMILES string of the molecule is COc1ccccc1-c1n[nH]c(=S)n1NCc1cc(Br)ccc1OCc1ccccc1. The molecule has 8 heteroatoms. The van der Waals surface area contributed by atoms with Crippen LogP contribution in [0.15, 0.2) is 77.3 Å². The van der Waals surface area contributed by atoms with E-state index in [4.69, 9.17) is 21.7 Å². The number of hydrogen-bond donors (Lipinski definition) is 2. The summed E-state index contributed by atoms with van der Waals surface area (Å²) in [5, 5.41) is 7.24. The fourth-order valence-electron chi connectivity index (χ4n) is 3.18. The van der Waals surface area contributed by atoms with Crippen LogP contribution in [-0.4, -0.2) is 22.0 Å². The Labute approximate surface area is 193 Å². The number of benzene rings is 3. The van der Waals surface area contributed by atoms with Crippen LogP contribution >= 0.6 is 28.1 Å². The quantitative estimate of drug-likeness (QED) is 0.306.